The number of rotatable bonds is 6. The third-order valence-electron chi connectivity index (χ3n) is 2.35. The van der Waals surface area contributed by atoms with Gasteiger partial charge in [0.15, 0.2) is 11.5 Å². The maximum atomic E-state index is 10.7. The molecule has 1 atom stereocenters. The molecule has 0 heterocycles. The molecule has 1 aromatic carbocycles. The zero-order valence-corrected chi connectivity index (χ0v) is 11.0. The average molecular weight is 274 g/mol. The van der Waals surface area contributed by atoms with Crippen molar-refractivity contribution in [2.45, 2.75) is 19.4 Å². The number of aliphatic carboxylic acids is 1. The van der Waals surface area contributed by atoms with E-state index in [9.17, 15) is 4.79 Å². The Morgan fingerprint density at radius 3 is 2.72 bits per heavy atom. The van der Waals surface area contributed by atoms with Gasteiger partial charge >= 0.3 is 5.97 Å². The molecule has 3 N–H and O–H groups in total. The Labute approximate surface area is 110 Å². The van der Waals surface area contributed by atoms with Crippen LogP contribution in [0.3, 0.4) is 0 Å². The summed E-state index contributed by atoms with van der Waals surface area (Å²) < 4.78 is 10.5. The molecule has 1 rings (SSSR count). The molecular formula is C12H16ClNO4. The third kappa shape index (κ3) is 3.51. The van der Waals surface area contributed by atoms with E-state index in [-0.39, 0.29) is 6.42 Å². The fraction of sp³-hybridized carbons (Fsp3) is 0.417. The van der Waals surface area contributed by atoms with Crippen molar-refractivity contribution < 1.29 is 19.4 Å². The first-order chi connectivity index (χ1) is 8.49. The number of halogens is 1. The van der Waals surface area contributed by atoms with Crippen LogP contribution in [0, 0.1) is 0 Å². The van der Waals surface area contributed by atoms with Crippen LogP contribution in [0.5, 0.6) is 11.5 Å². The van der Waals surface area contributed by atoms with Crippen molar-refractivity contribution in [1.82, 2.24) is 0 Å². The molecule has 6 heteroatoms. The summed E-state index contributed by atoms with van der Waals surface area (Å²) in [6.45, 7) is 2.30. The van der Waals surface area contributed by atoms with Crippen molar-refractivity contribution in [2.75, 3.05) is 13.7 Å². The van der Waals surface area contributed by atoms with Crippen molar-refractivity contribution in [3.8, 4) is 11.5 Å². The van der Waals surface area contributed by atoms with Crippen LogP contribution in [0.15, 0.2) is 12.1 Å². The second-order valence-electron chi connectivity index (χ2n) is 3.69. The molecule has 0 spiro atoms. The van der Waals surface area contributed by atoms with Crippen molar-refractivity contribution in [3.63, 3.8) is 0 Å². The molecule has 100 valence electrons. The number of benzene rings is 1. The van der Waals surface area contributed by atoms with Gasteiger partial charge in [-0.15, -0.1) is 0 Å². The van der Waals surface area contributed by atoms with E-state index in [1.165, 1.54) is 7.11 Å². The van der Waals surface area contributed by atoms with Gasteiger partial charge in [0.2, 0.25) is 0 Å². The Hall–Kier alpha value is -1.46. The lowest BCUT2D eigenvalue weighted by Gasteiger charge is -2.14. The Bertz CT molecular complexity index is 436. The molecule has 0 aromatic heterocycles. The largest absolute Gasteiger partial charge is 0.493 e. The molecule has 0 radical (unpaired) electrons. The highest BCUT2D eigenvalue weighted by Crippen LogP contribution is 2.36. The Morgan fingerprint density at radius 1 is 1.56 bits per heavy atom. The van der Waals surface area contributed by atoms with E-state index in [1.54, 1.807) is 12.1 Å². The summed E-state index contributed by atoms with van der Waals surface area (Å²) in [5.74, 6) is -0.134. The predicted molar refractivity (Wildman–Crippen MR) is 68.5 cm³/mol. The SMILES string of the molecule is CCOc1c(Cl)cc(CC(N)C(=O)O)cc1OC. The van der Waals surface area contributed by atoms with Gasteiger partial charge in [0.05, 0.1) is 18.7 Å². The van der Waals surface area contributed by atoms with Crippen LogP contribution in [-0.2, 0) is 11.2 Å². The fourth-order valence-electron chi connectivity index (χ4n) is 1.52. The van der Waals surface area contributed by atoms with Gasteiger partial charge in [0.25, 0.3) is 0 Å². The maximum Gasteiger partial charge on any atom is 0.320 e. The number of methoxy groups -OCH3 is 1. The number of hydrogen-bond donors (Lipinski definition) is 2. The molecule has 0 saturated heterocycles. The van der Waals surface area contributed by atoms with E-state index in [0.717, 1.165) is 0 Å². The van der Waals surface area contributed by atoms with Gasteiger partial charge in [-0.1, -0.05) is 11.6 Å². The highest BCUT2D eigenvalue weighted by atomic mass is 35.5. The minimum Gasteiger partial charge on any atom is -0.493 e. The van der Waals surface area contributed by atoms with Crippen molar-refractivity contribution in [2.24, 2.45) is 5.73 Å². The number of ether oxygens (including phenoxy) is 2. The molecule has 0 aliphatic rings. The van der Waals surface area contributed by atoms with Crippen LogP contribution < -0.4 is 15.2 Å². The van der Waals surface area contributed by atoms with Crippen molar-refractivity contribution in [3.05, 3.63) is 22.7 Å². The first kappa shape index (κ1) is 14.6. The molecule has 0 saturated carbocycles. The van der Waals surface area contributed by atoms with Gasteiger partial charge in [0, 0.05) is 0 Å². The molecule has 0 fully saturated rings. The van der Waals surface area contributed by atoms with E-state index in [4.69, 9.17) is 31.9 Å². The summed E-state index contributed by atoms with van der Waals surface area (Å²) >= 11 is 6.06. The van der Waals surface area contributed by atoms with Crippen LogP contribution in [-0.4, -0.2) is 30.8 Å². The van der Waals surface area contributed by atoms with Gasteiger partial charge < -0.3 is 20.3 Å². The van der Waals surface area contributed by atoms with Crippen LogP contribution in [0.4, 0.5) is 0 Å². The summed E-state index contributed by atoms with van der Waals surface area (Å²) in [6.07, 6.45) is 0.178. The first-order valence-electron chi connectivity index (χ1n) is 5.47. The summed E-state index contributed by atoms with van der Waals surface area (Å²) in [5.41, 5.74) is 6.16. The summed E-state index contributed by atoms with van der Waals surface area (Å²) in [6, 6.07) is 2.35. The summed E-state index contributed by atoms with van der Waals surface area (Å²) in [4.78, 5) is 10.7. The quantitative estimate of drug-likeness (QED) is 0.824. The van der Waals surface area contributed by atoms with Crippen LogP contribution in [0.1, 0.15) is 12.5 Å². The topological polar surface area (TPSA) is 81.8 Å². The fourth-order valence-corrected chi connectivity index (χ4v) is 1.80. The second kappa shape index (κ2) is 6.47. The van der Waals surface area contributed by atoms with Gasteiger partial charge in [-0.2, -0.15) is 0 Å². The van der Waals surface area contributed by atoms with E-state index >= 15 is 0 Å². The van der Waals surface area contributed by atoms with Crippen LogP contribution >= 0.6 is 11.6 Å². The van der Waals surface area contributed by atoms with Crippen molar-refractivity contribution >= 4 is 17.6 Å². The highest BCUT2D eigenvalue weighted by Gasteiger charge is 2.16. The monoisotopic (exact) mass is 273 g/mol. The molecule has 0 aliphatic carbocycles. The zero-order chi connectivity index (χ0) is 13.7. The highest BCUT2D eigenvalue weighted by molar-refractivity contribution is 6.32. The minimum atomic E-state index is -1.06. The number of carboxylic acid groups (broad SMARTS) is 1. The zero-order valence-electron chi connectivity index (χ0n) is 10.3. The van der Waals surface area contributed by atoms with Gasteiger partial charge in [-0.05, 0) is 31.0 Å². The van der Waals surface area contributed by atoms with Gasteiger partial charge in [-0.25, -0.2) is 0 Å². The number of carbonyl (C=O) groups is 1. The summed E-state index contributed by atoms with van der Waals surface area (Å²) in [5, 5.41) is 9.14. The Kier molecular flexibility index (Phi) is 5.25. The lowest BCUT2D eigenvalue weighted by molar-refractivity contribution is -0.138. The Morgan fingerprint density at radius 2 is 2.22 bits per heavy atom. The molecule has 18 heavy (non-hydrogen) atoms. The minimum absolute atomic E-state index is 0.178. The number of hydrogen-bond acceptors (Lipinski definition) is 4. The molecule has 1 unspecified atom stereocenters. The van der Waals surface area contributed by atoms with E-state index in [2.05, 4.69) is 0 Å². The van der Waals surface area contributed by atoms with E-state index < -0.39 is 12.0 Å². The van der Waals surface area contributed by atoms with Crippen LogP contribution in [0.2, 0.25) is 5.02 Å². The average Bonchev–Trinajstić information content (AvgIpc) is 2.32. The Balaban J connectivity index is 3.02. The molecule has 0 bridgehead atoms. The first-order valence-corrected chi connectivity index (χ1v) is 5.85. The summed E-state index contributed by atoms with van der Waals surface area (Å²) in [7, 11) is 1.50. The van der Waals surface area contributed by atoms with E-state index in [1.807, 2.05) is 6.92 Å². The smallest absolute Gasteiger partial charge is 0.320 e. The third-order valence-corrected chi connectivity index (χ3v) is 2.63. The van der Waals surface area contributed by atoms with Crippen LogP contribution in [0.25, 0.3) is 0 Å². The molecule has 5 nitrogen and oxygen atoms in total. The number of carboxylic acids is 1. The van der Waals surface area contributed by atoms with Gasteiger partial charge in [-0.3, -0.25) is 4.79 Å². The normalized spacial score (nSPS) is 12.0. The van der Waals surface area contributed by atoms with E-state index in [0.29, 0.717) is 28.7 Å². The number of nitrogens with two attached hydrogens (primary N) is 1. The van der Waals surface area contributed by atoms with Crippen molar-refractivity contribution in [1.29, 1.82) is 0 Å². The lowest BCUT2D eigenvalue weighted by atomic mass is 10.1. The predicted octanol–water partition coefficient (Wildman–Crippen LogP) is 1.70. The molecule has 0 aliphatic heterocycles. The standard InChI is InChI=1S/C12H16ClNO4/c1-3-18-11-8(13)4-7(6-10(11)17-2)5-9(14)12(15)16/h4,6,9H,3,5,14H2,1-2H3,(H,15,16). The second-order valence-corrected chi connectivity index (χ2v) is 4.10. The molecule has 1 aromatic rings. The maximum absolute atomic E-state index is 10.7. The van der Waals surface area contributed by atoms with Gasteiger partial charge in [0.1, 0.15) is 6.04 Å². The molecular weight excluding hydrogens is 258 g/mol. The lowest BCUT2D eigenvalue weighted by Crippen LogP contribution is -2.32. The molecule has 0 amide bonds.